The van der Waals surface area contributed by atoms with Crippen molar-refractivity contribution in [2.75, 3.05) is 6.61 Å². The van der Waals surface area contributed by atoms with Gasteiger partial charge in [0.05, 0.1) is 17.4 Å². The van der Waals surface area contributed by atoms with Crippen LogP contribution in [0.25, 0.3) is 0 Å². The lowest BCUT2D eigenvalue weighted by Crippen LogP contribution is -2.64. The molecule has 5 aliphatic rings. The summed E-state index contributed by atoms with van der Waals surface area (Å²) in [6.45, 7) is 7.55. The molecule has 2 bridgehead atoms. The standard InChI is InChI=1S/C27H38O6/c1-15-13-26-11-8-18-19(24(18,2)3)17(21(26)30)12-16(14-28)20(29)27(26,32)22(15)33-23(31)25(4)9-6-5-7-10-25/h12-13,17-20,22,28-29,32H,5-11,14H2,1-4H3/t17-,18+,19+,20+,22?,26+,27-/m0/s1. The lowest BCUT2D eigenvalue weighted by atomic mass is 9.63. The van der Waals surface area contributed by atoms with Crippen LogP contribution < -0.4 is 0 Å². The summed E-state index contributed by atoms with van der Waals surface area (Å²) in [4.78, 5) is 27.5. The molecular weight excluding hydrogens is 420 g/mol. The maximum Gasteiger partial charge on any atom is 0.312 e. The first kappa shape index (κ1) is 23.3. The van der Waals surface area contributed by atoms with Crippen LogP contribution in [0.2, 0.25) is 0 Å². The van der Waals surface area contributed by atoms with Crippen molar-refractivity contribution in [3.05, 3.63) is 23.3 Å². The Morgan fingerprint density at radius 2 is 1.82 bits per heavy atom. The molecule has 3 saturated carbocycles. The van der Waals surface area contributed by atoms with E-state index in [9.17, 15) is 24.9 Å². The van der Waals surface area contributed by atoms with E-state index in [-0.39, 0.29) is 28.7 Å². The molecule has 1 unspecified atom stereocenters. The number of allylic oxidation sites excluding steroid dienone is 1. The zero-order chi connectivity index (χ0) is 24.0. The van der Waals surface area contributed by atoms with Crippen LogP contribution in [0.15, 0.2) is 23.3 Å². The van der Waals surface area contributed by atoms with Crippen LogP contribution in [0.3, 0.4) is 0 Å². The molecule has 3 N–H and O–H groups in total. The molecule has 0 radical (unpaired) electrons. The number of ether oxygens (including phenoxy) is 1. The van der Waals surface area contributed by atoms with Gasteiger partial charge in [-0.2, -0.15) is 0 Å². The monoisotopic (exact) mass is 458 g/mol. The molecule has 6 heteroatoms. The number of esters is 1. The number of carbonyl (C=O) groups excluding carboxylic acids is 2. The van der Waals surface area contributed by atoms with Crippen molar-refractivity contribution < 1.29 is 29.6 Å². The summed E-state index contributed by atoms with van der Waals surface area (Å²) < 4.78 is 6.03. The van der Waals surface area contributed by atoms with Crippen LogP contribution in [0.5, 0.6) is 0 Å². The second-order valence-corrected chi connectivity index (χ2v) is 12.3. The van der Waals surface area contributed by atoms with E-state index in [0.717, 1.165) is 38.5 Å². The number of hydrogen-bond acceptors (Lipinski definition) is 6. The second-order valence-electron chi connectivity index (χ2n) is 12.3. The van der Waals surface area contributed by atoms with Gasteiger partial charge in [0.25, 0.3) is 0 Å². The quantitative estimate of drug-likeness (QED) is 0.444. The van der Waals surface area contributed by atoms with Crippen molar-refractivity contribution in [1.82, 2.24) is 0 Å². The number of hydrogen-bond donors (Lipinski definition) is 3. The maximum absolute atomic E-state index is 14.1. The van der Waals surface area contributed by atoms with E-state index in [0.29, 0.717) is 17.9 Å². The number of fused-ring (bicyclic) bond motifs is 3. The molecule has 1 spiro atoms. The van der Waals surface area contributed by atoms with E-state index in [2.05, 4.69) is 13.8 Å². The summed E-state index contributed by atoms with van der Waals surface area (Å²) in [5.41, 5.74) is -3.14. The molecular formula is C27H38O6. The second kappa shape index (κ2) is 7.25. The van der Waals surface area contributed by atoms with Gasteiger partial charge in [0.1, 0.15) is 6.10 Å². The summed E-state index contributed by atoms with van der Waals surface area (Å²) in [5, 5.41) is 33.9. The minimum atomic E-state index is -2.03. The summed E-state index contributed by atoms with van der Waals surface area (Å²) in [6.07, 6.45) is 6.48. The van der Waals surface area contributed by atoms with Gasteiger partial charge in [0.2, 0.25) is 0 Å². The van der Waals surface area contributed by atoms with E-state index in [1.54, 1.807) is 19.1 Å². The third kappa shape index (κ3) is 2.90. The van der Waals surface area contributed by atoms with Gasteiger partial charge in [0.15, 0.2) is 17.5 Å². The van der Waals surface area contributed by atoms with Gasteiger partial charge >= 0.3 is 5.97 Å². The Morgan fingerprint density at radius 3 is 2.45 bits per heavy atom. The fourth-order valence-corrected chi connectivity index (χ4v) is 8.00. The van der Waals surface area contributed by atoms with Crippen molar-refractivity contribution in [2.24, 2.45) is 34.0 Å². The van der Waals surface area contributed by atoms with Gasteiger partial charge < -0.3 is 20.1 Å². The van der Waals surface area contributed by atoms with Gasteiger partial charge in [-0.05, 0) is 67.9 Å². The Hall–Kier alpha value is -1.50. The molecule has 0 aromatic heterocycles. The van der Waals surface area contributed by atoms with Crippen LogP contribution >= 0.6 is 0 Å². The third-order valence-electron chi connectivity index (χ3n) is 10.1. The van der Waals surface area contributed by atoms with Crippen molar-refractivity contribution in [3.8, 4) is 0 Å². The molecule has 0 amide bonds. The molecule has 182 valence electrons. The van der Waals surface area contributed by atoms with E-state index in [1.807, 2.05) is 6.92 Å². The lowest BCUT2D eigenvalue weighted by molar-refractivity contribution is -0.203. The molecule has 7 atom stereocenters. The number of aliphatic hydroxyl groups is 3. The molecule has 6 nitrogen and oxygen atoms in total. The van der Waals surface area contributed by atoms with E-state index >= 15 is 0 Å². The normalized spacial score (nSPS) is 45.1. The van der Waals surface area contributed by atoms with Gasteiger partial charge in [0, 0.05) is 5.92 Å². The van der Waals surface area contributed by atoms with Crippen LogP contribution in [0, 0.1) is 34.0 Å². The first-order valence-electron chi connectivity index (χ1n) is 12.6. The summed E-state index contributed by atoms with van der Waals surface area (Å²) in [5.74, 6) is -0.507. The molecule has 0 aromatic rings. The number of Topliss-reactive ketones (excluding diaryl/α,β-unsaturated/α-hetero) is 1. The van der Waals surface area contributed by atoms with Crippen LogP contribution in [-0.4, -0.2) is 51.5 Å². The van der Waals surface area contributed by atoms with Crippen molar-refractivity contribution in [1.29, 1.82) is 0 Å². The number of carbonyl (C=O) groups is 2. The average molecular weight is 459 g/mol. The van der Waals surface area contributed by atoms with Gasteiger partial charge in [-0.3, -0.25) is 9.59 Å². The maximum atomic E-state index is 14.1. The highest BCUT2D eigenvalue weighted by Gasteiger charge is 2.74. The predicted octanol–water partition coefficient (Wildman–Crippen LogP) is 3.09. The van der Waals surface area contributed by atoms with Crippen LogP contribution in [0.1, 0.15) is 72.6 Å². The Bertz CT molecular complexity index is 940. The topological polar surface area (TPSA) is 104 Å². The number of ketones is 1. The summed E-state index contributed by atoms with van der Waals surface area (Å²) >= 11 is 0. The van der Waals surface area contributed by atoms with Crippen molar-refractivity contribution in [3.63, 3.8) is 0 Å². The minimum absolute atomic E-state index is 0.00517. The van der Waals surface area contributed by atoms with Crippen LogP contribution in [-0.2, 0) is 14.3 Å². The average Bonchev–Trinajstić information content (AvgIpc) is 3.30. The summed E-state index contributed by atoms with van der Waals surface area (Å²) in [7, 11) is 0. The summed E-state index contributed by atoms with van der Waals surface area (Å²) in [6, 6.07) is 0. The van der Waals surface area contributed by atoms with Crippen molar-refractivity contribution >= 4 is 11.8 Å². The molecule has 0 heterocycles. The van der Waals surface area contributed by atoms with E-state index in [4.69, 9.17) is 4.74 Å². The first-order valence-corrected chi connectivity index (χ1v) is 12.6. The zero-order valence-corrected chi connectivity index (χ0v) is 20.3. The fraction of sp³-hybridized carbons (Fsp3) is 0.778. The minimum Gasteiger partial charge on any atom is -0.454 e. The SMILES string of the molecule is CC1=C[C@@]23CC[C@@H]4[C@@H]([C@H](C=C(CO)[C@@H](O)[C@]2(O)C1OC(=O)C1(C)CCCCC1)C3=O)C4(C)C. The highest BCUT2D eigenvalue weighted by molar-refractivity contribution is 5.95. The van der Waals surface area contributed by atoms with Crippen molar-refractivity contribution in [2.45, 2.75) is 90.4 Å². The van der Waals surface area contributed by atoms with E-state index < -0.39 is 41.2 Å². The zero-order valence-electron chi connectivity index (χ0n) is 20.3. The molecule has 0 saturated heterocycles. The van der Waals surface area contributed by atoms with E-state index in [1.165, 1.54) is 0 Å². The Labute approximate surface area is 196 Å². The van der Waals surface area contributed by atoms with Crippen LogP contribution in [0.4, 0.5) is 0 Å². The molecule has 5 rings (SSSR count). The van der Waals surface area contributed by atoms with Gasteiger partial charge in [-0.25, -0.2) is 0 Å². The van der Waals surface area contributed by atoms with Gasteiger partial charge in [-0.15, -0.1) is 0 Å². The molecule has 3 fully saturated rings. The molecule has 0 aliphatic heterocycles. The lowest BCUT2D eigenvalue weighted by Gasteiger charge is -2.46. The number of rotatable bonds is 3. The smallest absolute Gasteiger partial charge is 0.312 e. The molecule has 33 heavy (non-hydrogen) atoms. The highest BCUT2D eigenvalue weighted by atomic mass is 16.6. The third-order valence-corrected chi connectivity index (χ3v) is 10.1. The Balaban J connectivity index is 1.57. The fourth-order valence-electron chi connectivity index (χ4n) is 8.00. The Kier molecular flexibility index (Phi) is 5.11. The largest absolute Gasteiger partial charge is 0.454 e. The predicted molar refractivity (Wildman–Crippen MR) is 122 cm³/mol. The van der Waals surface area contributed by atoms with Gasteiger partial charge in [-0.1, -0.05) is 45.3 Å². The molecule has 5 aliphatic carbocycles. The first-order chi connectivity index (χ1) is 15.4. The highest BCUT2D eigenvalue weighted by Crippen LogP contribution is 2.70. The Morgan fingerprint density at radius 1 is 1.15 bits per heavy atom. The number of aliphatic hydroxyl groups excluding tert-OH is 2. The molecule has 0 aromatic carbocycles.